The molecule has 1 amide bonds. The van der Waals surface area contributed by atoms with Gasteiger partial charge in [-0.2, -0.15) is 0 Å². The third-order valence-electron chi connectivity index (χ3n) is 2.26. The molecular formula is C13H21NO2. The average Bonchev–Trinajstić information content (AvgIpc) is 2.31. The van der Waals surface area contributed by atoms with Crippen molar-refractivity contribution < 1.29 is 9.53 Å². The Balaban J connectivity index is 0.00000106. The Morgan fingerprint density at radius 1 is 1.56 bits per heavy atom. The molecule has 0 heterocycles. The van der Waals surface area contributed by atoms with Crippen LogP contribution in [0.15, 0.2) is 36.1 Å². The fourth-order valence-electron chi connectivity index (χ4n) is 1.49. The van der Waals surface area contributed by atoms with E-state index in [4.69, 9.17) is 4.74 Å². The molecule has 0 bridgehead atoms. The topological polar surface area (TPSA) is 38.3 Å². The van der Waals surface area contributed by atoms with Crippen molar-refractivity contribution >= 4 is 6.41 Å². The van der Waals surface area contributed by atoms with Crippen LogP contribution in [0.1, 0.15) is 20.8 Å². The lowest BCUT2D eigenvalue weighted by Gasteiger charge is -2.25. The first-order chi connectivity index (χ1) is 7.69. The Morgan fingerprint density at radius 3 is 2.62 bits per heavy atom. The molecular weight excluding hydrogens is 202 g/mol. The second kappa shape index (κ2) is 7.74. The Kier molecular flexibility index (Phi) is 7.01. The minimum Gasteiger partial charge on any atom is -0.497 e. The van der Waals surface area contributed by atoms with Crippen LogP contribution in [0.5, 0.6) is 0 Å². The van der Waals surface area contributed by atoms with E-state index >= 15 is 0 Å². The average molecular weight is 223 g/mol. The van der Waals surface area contributed by atoms with E-state index in [9.17, 15) is 4.79 Å². The zero-order valence-corrected chi connectivity index (χ0v) is 10.5. The quantitative estimate of drug-likeness (QED) is 0.587. The standard InChI is InChI=1S/C11H15NO2.C2H6/c1-8(2)10-5-4-9(14-3)6-11(10)12-7-13;1-2/h4-7,10-11H,1H2,2-3H3,(H,12,13);1-2H3. The van der Waals surface area contributed by atoms with Crippen LogP contribution in [0, 0.1) is 5.92 Å². The molecule has 0 saturated heterocycles. The van der Waals surface area contributed by atoms with Crippen molar-refractivity contribution in [2.24, 2.45) is 5.92 Å². The molecule has 90 valence electrons. The maximum atomic E-state index is 10.4. The van der Waals surface area contributed by atoms with Crippen LogP contribution in [0.25, 0.3) is 0 Å². The van der Waals surface area contributed by atoms with E-state index in [2.05, 4.69) is 11.9 Å². The molecule has 0 fully saturated rings. The van der Waals surface area contributed by atoms with Crippen molar-refractivity contribution in [2.45, 2.75) is 26.8 Å². The van der Waals surface area contributed by atoms with Gasteiger partial charge in [-0.15, -0.1) is 0 Å². The van der Waals surface area contributed by atoms with Gasteiger partial charge < -0.3 is 10.1 Å². The van der Waals surface area contributed by atoms with Crippen molar-refractivity contribution in [1.82, 2.24) is 5.32 Å². The molecule has 1 rings (SSSR count). The zero-order valence-electron chi connectivity index (χ0n) is 10.5. The Morgan fingerprint density at radius 2 is 2.19 bits per heavy atom. The number of amides is 1. The number of ether oxygens (including phenoxy) is 1. The number of carbonyl (C=O) groups is 1. The first-order valence-corrected chi connectivity index (χ1v) is 5.48. The molecule has 0 radical (unpaired) electrons. The summed E-state index contributed by atoms with van der Waals surface area (Å²) in [6.45, 7) is 9.83. The third-order valence-corrected chi connectivity index (χ3v) is 2.26. The summed E-state index contributed by atoms with van der Waals surface area (Å²) in [6, 6.07) is -0.0510. The summed E-state index contributed by atoms with van der Waals surface area (Å²) in [6.07, 6.45) is 6.46. The Bertz CT molecular complexity index is 292. The van der Waals surface area contributed by atoms with Gasteiger partial charge in [-0.3, -0.25) is 4.79 Å². The first kappa shape index (κ1) is 14.5. The van der Waals surface area contributed by atoms with E-state index in [1.54, 1.807) is 7.11 Å². The van der Waals surface area contributed by atoms with Gasteiger partial charge in [0.05, 0.1) is 13.2 Å². The Labute approximate surface area is 97.9 Å². The van der Waals surface area contributed by atoms with E-state index in [1.807, 2.05) is 39.0 Å². The highest BCUT2D eigenvalue weighted by molar-refractivity contribution is 5.49. The van der Waals surface area contributed by atoms with Gasteiger partial charge in [0.15, 0.2) is 0 Å². The van der Waals surface area contributed by atoms with Crippen molar-refractivity contribution in [3.8, 4) is 0 Å². The fraction of sp³-hybridized carbons (Fsp3) is 0.462. The lowest BCUT2D eigenvalue weighted by molar-refractivity contribution is -0.110. The minimum absolute atomic E-state index is 0.0510. The highest BCUT2D eigenvalue weighted by atomic mass is 16.5. The number of carbonyl (C=O) groups excluding carboxylic acids is 1. The summed E-state index contributed by atoms with van der Waals surface area (Å²) in [5.41, 5.74) is 1.02. The summed E-state index contributed by atoms with van der Waals surface area (Å²) in [4.78, 5) is 10.4. The number of nitrogens with one attached hydrogen (secondary N) is 1. The van der Waals surface area contributed by atoms with Crippen molar-refractivity contribution in [1.29, 1.82) is 0 Å². The van der Waals surface area contributed by atoms with Crippen LogP contribution in [0.3, 0.4) is 0 Å². The summed E-state index contributed by atoms with van der Waals surface area (Å²) < 4.78 is 5.08. The summed E-state index contributed by atoms with van der Waals surface area (Å²) in [7, 11) is 1.61. The predicted octanol–water partition coefficient (Wildman–Crippen LogP) is 2.42. The molecule has 0 aromatic carbocycles. The van der Waals surface area contributed by atoms with Gasteiger partial charge in [-0.25, -0.2) is 0 Å². The number of allylic oxidation sites excluding steroid dienone is 1. The third kappa shape index (κ3) is 3.93. The second-order valence-electron chi connectivity index (χ2n) is 3.31. The zero-order chi connectivity index (χ0) is 12.6. The van der Waals surface area contributed by atoms with E-state index < -0.39 is 0 Å². The smallest absolute Gasteiger partial charge is 0.207 e. The van der Waals surface area contributed by atoms with Gasteiger partial charge in [0.25, 0.3) is 0 Å². The van der Waals surface area contributed by atoms with Crippen LogP contribution >= 0.6 is 0 Å². The van der Waals surface area contributed by atoms with Gasteiger partial charge in [0, 0.05) is 5.92 Å². The van der Waals surface area contributed by atoms with Crippen LogP contribution in [-0.2, 0) is 9.53 Å². The SMILES string of the molecule is C=C(C)C1C=CC(OC)=CC1NC=O.CC. The van der Waals surface area contributed by atoms with E-state index in [0.29, 0.717) is 6.41 Å². The summed E-state index contributed by atoms with van der Waals surface area (Å²) in [5.74, 6) is 0.918. The van der Waals surface area contributed by atoms with Gasteiger partial charge in [0.1, 0.15) is 5.76 Å². The van der Waals surface area contributed by atoms with Gasteiger partial charge in [0.2, 0.25) is 6.41 Å². The molecule has 1 aliphatic rings. The molecule has 3 nitrogen and oxygen atoms in total. The monoisotopic (exact) mass is 223 g/mol. The molecule has 0 aromatic heterocycles. The molecule has 1 aliphatic carbocycles. The van der Waals surface area contributed by atoms with Crippen LogP contribution in [0.2, 0.25) is 0 Å². The van der Waals surface area contributed by atoms with Gasteiger partial charge in [-0.05, 0) is 19.1 Å². The van der Waals surface area contributed by atoms with Crippen LogP contribution in [-0.4, -0.2) is 19.6 Å². The van der Waals surface area contributed by atoms with Crippen molar-refractivity contribution in [3.63, 3.8) is 0 Å². The highest BCUT2D eigenvalue weighted by Gasteiger charge is 2.21. The molecule has 1 N–H and O–H groups in total. The molecule has 0 spiro atoms. The fourth-order valence-corrected chi connectivity index (χ4v) is 1.49. The predicted molar refractivity (Wildman–Crippen MR) is 66.9 cm³/mol. The van der Waals surface area contributed by atoms with E-state index in [0.717, 1.165) is 11.3 Å². The minimum atomic E-state index is -0.0510. The highest BCUT2D eigenvalue weighted by Crippen LogP contribution is 2.22. The maximum Gasteiger partial charge on any atom is 0.207 e. The molecule has 2 unspecified atom stereocenters. The number of methoxy groups -OCH3 is 1. The molecule has 0 aromatic rings. The molecule has 0 aliphatic heterocycles. The number of hydrogen-bond acceptors (Lipinski definition) is 2. The van der Waals surface area contributed by atoms with Gasteiger partial charge >= 0.3 is 0 Å². The first-order valence-electron chi connectivity index (χ1n) is 5.48. The summed E-state index contributed by atoms with van der Waals surface area (Å²) in [5, 5.41) is 2.73. The molecule has 16 heavy (non-hydrogen) atoms. The number of hydrogen-bond donors (Lipinski definition) is 1. The molecule has 0 saturated carbocycles. The molecule has 2 atom stereocenters. The summed E-state index contributed by atoms with van der Waals surface area (Å²) >= 11 is 0. The number of rotatable bonds is 4. The van der Waals surface area contributed by atoms with Crippen LogP contribution < -0.4 is 5.32 Å². The lowest BCUT2D eigenvalue weighted by Crippen LogP contribution is -2.35. The molecule has 3 heteroatoms. The van der Waals surface area contributed by atoms with Crippen LogP contribution in [0.4, 0.5) is 0 Å². The van der Waals surface area contributed by atoms with Gasteiger partial charge in [-0.1, -0.05) is 32.1 Å². The second-order valence-corrected chi connectivity index (χ2v) is 3.31. The Hall–Kier alpha value is -1.51. The van der Waals surface area contributed by atoms with Crippen molar-refractivity contribution in [2.75, 3.05) is 7.11 Å². The maximum absolute atomic E-state index is 10.4. The lowest BCUT2D eigenvalue weighted by atomic mass is 9.89. The normalized spacial score (nSPS) is 22.4. The van der Waals surface area contributed by atoms with E-state index in [1.165, 1.54) is 0 Å². The van der Waals surface area contributed by atoms with E-state index in [-0.39, 0.29) is 12.0 Å². The van der Waals surface area contributed by atoms with Crippen molar-refractivity contribution in [3.05, 3.63) is 36.1 Å². The largest absolute Gasteiger partial charge is 0.497 e.